The van der Waals surface area contributed by atoms with Gasteiger partial charge in [0.05, 0.1) is 12.4 Å². The topological polar surface area (TPSA) is 29.5 Å². The van der Waals surface area contributed by atoms with Gasteiger partial charge in [0.1, 0.15) is 5.57 Å². The molecule has 1 rings (SSSR count). The van der Waals surface area contributed by atoms with Crippen molar-refractivity contribution < 1.29 is 22.7 Å². The molecule has 0 heterocycles. The lowest BCUT2D eigenvalue weighted by Gasteiger charge is -2.21. The number of rotatable bonds is 6. The number of alkyl halides is 3. The maximum Gasteiger partial charge on any atom is 0.421 e. The van der Waals surface area contributed by atoms with Gasteiger partial charge in [-0.25, -0.2) is 0 Å². The summed E-state index contributed by atoms with van der Waals surface area (Å²) < 4.78 is 45.9. The fraction of sp³-hybridized carbons (Fsp3) is 0.588. The molecule has 0 aromatic carbocycles. The van der Waals surface area contributed by atoms with E-state index in [2.05, 4.69) is 6.58 Å². The zero-order chi connectivity index (χ0) is 18.5. The third-order valence-electron chi connectivity index (χ3n) is 3.90. The Balaban J connectivity index is 3.45. The van der Waals surface area contributed by atoms with E-state index in [1.807, 2.05) is 6.92 Å². The van der Waals surface area contributed by atoms with Crippen LogP contribution in [-0.4, -0.2) is 38.5 Å². The molecule has 7 heteroatoms. The lowest BCUT2D eigenvalue weighted by Crippen LogP contribution is -2.33. The van der Waals surface area contributed by atoms with Crippen molar-refractivity contribution in [1.82, 2.24) is 4.81 Å². The van der Waals surface area contributed by atoms with Gasteiger partial charge in [-0.05, 0) is 44.4 Å². The normalized spacial score (nSPS) is 21.8. The second-order valence-electron chi connectivity index (χ2n) is 5.71. The maximum atomic E-state index is 13.5. The maximum absolute atomic E-state index is 13.5. The molecule has 0 saturated heterocycles. The van der Waals surface area contributed by atoms with Crippen molar-refractivity contribution in [2.75, 3.05) is 13.7 Å². The Bertz CT molecular complexity index is 551. The molecule has 0 aromatic rings. The number of allylic oxidation sites excluding steroid dienone is 3. The van der Waals surface area contributed by atoms with Gasteiger partial charge in [-0.1, -0.05) is 26.0 Å². The number of hydrogen-bond acceptors (Lipinski definition) is 2. The molecule has 2 radical (unpaired) electrons. The van der Waals surface area contributed by atoms with Crippen molar-refractivity contribution in [2.45, 2.75) is 45.7 Å². The summed E-state index contributed by atoms with van der Waals surface area (Å²) in [5.41, 5.74) is -0.705. The molecule has 0 bridgehead atoms. The van der Waals surface area contributed by atoms with Crippen molar-refractivity contribution in [3.63, 3.8) is 0 Å². The van der Waals surface area contributed by atoms with Crippen molar-refractivity contribution >= 4 is 13.9 Å². The number of unbranched alkanes of at least 4 members (excludes halogenated alkanes) is 1. The SMILES string of the molecule is [B]N(C)C(=O)/C(=C1/CCC(C(=C)OCC)/C1=C\CCC)C(F)(F)F. The van der Waals surface area contributed by atoms with Crippen molar-refractivity contribution in [2.24, 2.45) is 5.92 Å². The highest BCUT2D eigenvalue weighted by molar-refractivity contribution is 6.18. The summed E-state index contributed by atoms with van der Waals surface area (Å²) in [6, 6.07) is 0. The first-order valence-electron chi connectivity index (χ1n) is 8.00. The zero-order valence-corrected chi connectivity index (χ0v) is 14.4. The van der Waals surface area contributed by atoms with Crippen LogP contribution in [0.4, 0.5) is 13.2 Å². The molecule has 1 aliphatic rings. The smallest absolute Gasteiger partial charge is 0.421 e. The molecule has 1 saturated carbocycles. The van der Waals surface area contributed by atoms with E-state index in [0.717, 1.165) is 13.5 Å². The second-order valence-corrected chi connectivity index (χ2v) is 5.71. The molecular weight excluding hydrogens is 318 g/mol. The number of halogens is 3. The Labute approximate surface area is 142 Å². The third kappa shape index (κ3) is 4.68. The van der Waals surface area contributed by atoms with E-state index in [0.29, 0.717) is 35.6 Å². The first-order chi connectivity index (χ1) is 11.1. The molecule has 1 aliphatic carbocycles. The molecule has 0 aromatic heterocycles. The van der Waals surface area contributed by atoms with Crippen LogP contribution in [0, 0.1) is 5.92 Å². The van der Waals surface area contributed by atoms with Crippen LogP contribution in [0.1, 0.15) is 39.5 Å². The monoisotopic (exact) mass is 341 g/mol. The van der Waals surface area contributed by atoms with Crippen LogP contribution in [0.5, 0.6) is 0 Å². The van der Waals surface area contributed by atoms with Crippen LogP contribution in [0.3, 0.4) is 0 Å². The number of likely N-dealkylation sites (N-methyl/N-ethyl adjacent to an activating group) is 1. The number of carbonyl (C=O) groups is 1. The lowest BCUT2D eigenvalue weighted by atomic mass is 9.93. The Morgan fingerprint density at radius 3 is 2.54 bits per heavy atom. The van der Waals surface area contributed by atoms with Crippen LogP contribution in [0.25, 0.3) is 0 Å². The molecule has 1 amide bonds. The molecule has 1 fully saturated rings. The third-order valence-corrected chi connectivity index (χ3v) is 3.90. The molecule has 1 atom stereocenters. The molecule has 0 N–H and O–H groups in total. The van der Waals surface area contributed by atoms with E-state index in [-0.39, 0.29) is 17.9 Å². The highest BCUT2D eigenvalue weighted by atomic mass is 19.4. The van der Waals surface area contributed by atoms with Crippen molar-refractivity contribution in [1.29, 1.82) is 0 Å². The van der Waals surface area contributed by atoms with E-state index in [1.165, 1.54) is 0 Å². The Kier molecular flexibility index (Phi) is 7.17. The largest absolute Gasteiger partial charge is 0.498 e. The van der Waals surface area contributed by atoms with Gasteiger partial charge >= 0.3 is 6.18 Å². The van der Waals surface area contributed by atoms with E-state index < -0.39 is 17.7 Å². The summed E-state index contributed by atoms with van der Waals surface area (Å²) in [4.78, 5) is 12.5. The number of ether oxygens (including phenoxy) is 1. The summed E-state index contributed by atoms with van der Waals surface area (Å²) in [6.07, 6.45) is -1.03. The van der Waals surface area contributed by atoms with E-state index >= 15 is 0 Å². The van der Waals surface area contributed by atoms with Gasteiger partial charge in [0.25, 0.3) is 0 Å². The number of carbonyl (C=O) groups excluding carboxylic acids is 1. The zero-order valence-electron chi connectivity index (χ0n) is 14.4. The van der Waals surface area contributed by atoms with E-state index in [9.17, 15) is 18.0 Å². The molecule has 0 aliphatic heterocycles. The summed E-state index contributed by atoms with van der Waals surface area (Å²) in [7, 11) is 6.38. The Hall–Kier alpha value is -1.66. The van der Waals surface area contributed by atoms with Crippen molar-refractivity contribution in [3.8, 4) is 0 Å². The predicted molar refractivity (Wildman–Crippen MR) is 88.1 cm³/mol. The van der Waals surface area contributed by atoms with Gasteiger partial charge < -0.3 is 9.55 Å². The van der Waals surface area contributed by atoms with Crippen molar-refractivity contribution in [3.05, 3.63) is 35.1 Å². The predicted octanol–water partition coefficient (Wildman–Crippen LogP) is 4.07. The van der Waals surface area contributed by atoms with Gasteiger partial charge in [0.2, 0.25) is 13.9 Å². The van der Waals surface area contributed by atoms with Crippen LogP contribution in [0.2, 0.25) is 0 Å². The summed E-state index contributed by atoms with van der Waals surface area (Å²) in [5.74, 6) is -1.13. The fourth-order valence-corrected chi connectivity index (χ4v) is 2.85. The van der Waals surface area contributed by atoms with E-state index in [4.69, 9.17) is 12.7 Å². The first kappa shape index (κ1) is 20.4. The quantitative estimate of drug-likeness (QED) is 0.414. The average Bonchev–Trinajstić information content (AvgIpc) is 2.87. The minimum Gasteiger partial charge on any atom is -0.498 e. The minimum atomic E-state index is -4.77. The van der Waals surface area contributed by atoms with Gasteiger partial charge in [-0.3, -0.25) is 4.79 Å². The second kappa shape index (κ2) is 8.44. The van der Waals surface area contributed by atoms with Crippen LogP contribution >= 0.6 is 0 Å². The lowest BCUT2D eigenvalue weighted by molar-refractivity contribution is -0.135. The molecule has 132 valence electrons. The van der Waals surface area contributed by atoms with E-state index in [1.54, 1.807) is 13.0 Å². The molecule has 3 nitrogen and oxygen atoms in total. The average molecular weight is 341 g/mol. The standard InChI is InChI=1S/C17H23BF3NO2/c1-5-7-8-13-12(11(3)24-6-2)9-10-14(13)15(17(19,20)21)16(23)22(4)18/h8,12H,3,5-7,9-10H2,1-2,4H3/b13-8+,15-14+. The number of nitrogens with zero attached hydrogens (tertiary/aromatic N) is 1. The first-order valence-corrected chi connectivity index (χ1v) is 8.00. The highest BCUT2D eigenvalue weighted by Gasteiger charge is 2.44. The highest BCUT2D eigenvalue weighted by Crippen LogP contribution is 2.45. The minimum absolute atomic E-state index is 0.00380. The summed E-state index contributed by atoms with van der Waals surface area (Å²) in [6.45, 7) is 7.96. The summed E-state index contributed by atoms with van der Waals surface area (Å²) >= 11 is 0. The molecular formula is C17H23BF3NO2. The van der Waals surface area contributed by atoms with Gasteiger partial charge in [0, 0.05) is 5.92 Å². The Morgan fingerprint density at radius 2 is 2.08 bits per heavy atom. The molecule has 1 unspecified atom stereocenters. The van der Waals surface area contributed by atoms with Crippen LogP contribution in [-0.2, 0) is 9.53 Å². The Morgan fingerprint density at radius 1 is 1.46 bits per heavy atom. The van der Waals surface area contributed by atoms with Crippen LogP contribution in [0.15, 0.2) is 35.1 Å². The number of amides is 1. The van der Waals surface area contributed by atoms with Gasteiger partial charge in [0.15, 0.2) is 0 Å². The number of hydrogen-bond donors (Lipinski definition) is 0. The van der Waals surface area contributed by atoms with Gasteiger partial charge in [-0.15, -0.1) is 0 Å². The van der Waals surface area contributed by atoms with Crippen LogP contribution < -0.4 is 0 Å². The fourth-order valence-electron chi connectivity index (χ4n) is 2.85. The molecule has 24 heavy (non-hydrogen) atoms. The van der Waals surface area contributed by atoms with Gasteiger partial charge in [-0.2, -0.15) is 13.2 Å². The molecule has 0 spiro atoms. The summed E-state index contributed by atoms with van der Waals surface area (Å²) in [5, 5.41) is 0.